The summed E-state index contributed by atoms with van der Waals surface area (Å²) >= 11 is 0. The van der Waals surface area contributed by atoms with Gasteiger partial charge in [-0.25, -0.2) is 0 Å². The Labute approximate surface area is 417 Å². The van der Waals surface area contributed by atoms with Crippen LogP contribution in [0.1, 0.15) is 329 Å². The van der Waals surface area contributed by atoms with Crippen LogP contribution in [0.2, 0.25) is 0 Å². The van der Waals surface area contributed by atoms with Crippen molar-refractivity contribution in [2.45, 2.75) is 335 Å². The van der Waals surface area contributed by atoms with Crippen LogP contribution in [0, 0.1) is 0 Å². The van der Waals surface area contributed by atoms with Crippen LogP contribution in [0.4, 0.5) is 0 Å². The van der Waals surface area contributed by atoms with Crippen molar-refractivity contribution in [3.8, 4) is 0 Å². The van der Waals surface area contributed by atoms with Gasteiger partial charge in [0, 0.05) is 19.3 Å². The Kier molecular flexibility index (Phi) is 54.7. The van der Waals surface area contributed by atoms with Gasteiger partial charge < -0.3 is 14.2 Å². The van der Waals surface area contributed by atoms with E-state index in [0.29, 0.717) is 19.3 Å². The molecule has 67 heavy (non-hydrogen) atoms. The minimum Gasteiger partial charge on any atom is -0.462 e. The number of carbonyl (C=O) groups is 3. The van der Waals surface area contributed by atoms with Crippen molar-refractivity contribution in [1.29, 1.82) is 0 Å². The molecule has 0 bridgehead atoms. The molecule has 6 nitrogen and oxygen atoms in total. The first-order valence-corrected chi connectivity index (χ1v) is 29.8. The van der Waals surface area contributed by atoms with Crippen molar-refractivity contribution < 1.29 is 28.6 Å². The molecule has 0 amide bonds. The number of hydrogen-bond acceptors (Lipinski definition) is 6. The van der Waals surface area contributed by atoms with Crippen LogP contribution >= 0.6 is 0 Å². The smallest absolute Gasteiger partial charge is 0.306 e. The molecular weight excluding hydrogens is 829 g/mol. The fourth-order valence-corrected chi connectivity index (χ4v) is 8.91. The van der Waals surface area contributed by atoms with Crippen molar-refractivity contribution in [1.82, 2.24) is 0 Å². The molecule has 394 valence electrons. The van der Waals surface area contributed by atoms with E-state index in [1.54, 1.807) is 0 Å². The topological polar surface area (TPSA) is 78.9 Å². The Balaban J connectivity index is 4.27. The summed E-state index contributed by atoms with van der Waals surface area (Å²) in [4.78, 5) is 38.1. The monoisotopic (exact) mass is 943 g/mol. The lowest BCUT2D eigenvalue weighted by atomic mass is 10.0. The molecule has 0 aromatic rings. The zero-order valence-electron chi connectivity index (χ0n) is 45.2. The predicted octanol–water partition coefficient (Wildman–Crippen LogP) is 19.9. The maximum absolute atomic E-state index is 12.8. The molecular formula is C61H114O6. The number of esters is 3. The first-order chi connectivity index (χ1) is 33.0. The molecule has 0 spiro atoms. The predicted molar refractivity (Wildman–Crippen MR) is 289 cm³/mol. The van der Waals surface area contributed by atoms with E-state index in [2.05, 4.69) is 45.1 Å². The number of hydrogen-bond donors (Lipinski definition) is 0. The van der Waals surface area contributed by atoms with Crippen molar-refractivity contribution in [3.63, 3.8) is 0 Å². The van der Waals surface area contributed by atoms with Gasteiger partial charge in [0.2, 0.25) is 0 Å². The highest BCUT2D eigenvalue weighted by Gasteiger charge is 2.19. The van der Waals surface area contributed by atoms with E-state index in [-0.39, 0.29) is 31.1 Å². The Morgan fingerprint density at radius 2 is 0.493 bits per heavy atom. The Morgan fingerprint density at radius 1 is 0.284 bits per heavy atom. The van der Waals surface area contributed by atoms with E-state index in [4.69, 9.17) is 14.2 Å². The third-order valence-corrected chi connectivity index (χ3v) is 13.4. The van der Waals surface area contributed by atoms with Gasteiger partial charge in [0.15, 0.2) is 6.10 Å². The molecule has 1 atom stereocenters. The molecule has 0 aliphatic rings. The van der Waals surface area contributed by atoms with Crippen molar-refractivity contribution in [2.24, 2.45) is 0 Å². The molecule has 0 radical (unpaired) electrons. The third-order valence-electron chi connectivity index (χ3n) is 13.4. The van der Waals surface area contributed by atoms with E-state index >= 15 is 0 Å². The van der Waals surface area contributed by atoms with Gasteiger partial charge in [0.25, 0.3) is 0 Å². The van der Waals surface area contributed by atoms with Crippen LogP contribution < -0.4 is 0 Å². The zero-order valence-corrected chi connectivity index (χ0v) is 45.2. The first kappa shape index (κ1) is 64.9. The molecule has 0 aromatic carbocycles. The highest BCUT2D eigenvalue weighted by Crippen LogP contribution is 2.17. The second kappa shape index (κ2) is 56.5. The normalized spacial score (nSPS) is 12.1. The summed E-state index contributed by atoms with van der Waals surface area (Å²) in [5, 5.41) is 0. The quantitative estimate of drug-likeness (QED) is 0.0262. The summed E-state index contributed by atoms with van der Waals surface area (Å²) in [7, 11) is 0. The fourth-order valence-electron chi connectivity index (χ4n) is 8.91. The summed E-state index contributed by atoms with van der Waals surface area (Å²) in [6, 6.07) is 0. The maximum atomic E-state index is 12.8. The molecule has 0 heterocycles. The lowest BCUT2D eigenvalue weighted by Gasteiger charge is -2.18. The number of ether oxygens (including phenoxy) is 3. The van der Waals surface area contributed by atoms with Gasteiger partial charge in [0.1, 0.15) is 13.2 Å². The fraction of sp³-hybridized carbons (Fsp3) is 0.885. The molecule has 0 fully saturated rings. The van der Waals surface area contributed by atoms with Gasteiger partial charge in [-0.3, -0.25) is 14.4 Å². The molecule has 0 unspecified atom stereocenters. The Hall–Kier alpha value is -2.11. The Bertz CT molecular complexity index is 1080. The lowest BCUT2D eigenvalue weighted by molar-refractivity contribution is -0.167. The van der Waals surface area contributed by atoms with Crippen molar-refractivity contribution in [2.75, 3.05) is 13.2 Å². The van der Waals surface area contributed by atoms with Crippen LogP contribution in [0.25, 0.3) is 0 Å². The van der Waals surface area contributed by atoms with E-state index in [9.17, 15) is 14.4 Å². The molecule has 6 heteroatoms. The second-order valence-corrected chi connectivity index (χ2v) is 20.3. The van der Waals surface area contributed by atoms with Gasteiger partial charge in [-0.2, -0.15) is 0 Å². The van der Waals surface area contributed by atoms with Crippen LogP contribution in [0.5, 0.6) is 0 Å². The molecule has 0 aliphatic carbocycles. The summed E-state index contributed by atoms with van der Waals surface area (Å²) in [6.45, 7) is 6.66. The number of unbranched alkanes of at least 4 members (excludes halogenated alkanes) is 40. The number of rotatable bonds is 55. The molecule has 0 rings (SSSR count). The summed E-state index contributed by atoms with van der Waals surface area (Å²) in [5.74, 6) is -0.859. The van der Waals surface area contributed by atoms with Crippen molar-refractivity contribution in [3.05, 3.63) is 24.3 Å². The second-order valence-electron chi connectivity index (χ2n) is 20.3. The van der Waals surface area contributed by atoms with Crippen LogP contribution in [-0.2, 0) is 28.6 Å². The van der Waals surface area contributed by atoms with Crippen LogP contribution in [0.15, 0.2) is 24.3 Å². The van der Waals surface area contributed by atoms with Crippen LogP contribution in [-0.4, -0.2) is 37.2 Å². The van der Waals surface area contributed by atoms with Crippen LogP contribution in [0.3, 0.4) is 0 Å². The average molecular weight is 944 g/mol. The molecule has 0 aliphatic heterocycles. The summed E-state index contributed by atoms with van der Waals surface area (Å²) in [6.07, 6.45) is 66.0. The minimum atomic E-state index is -0.772. The Morgan fingerprint density at radius 3 is 0.761 bits per heavy atom. The molecule has 0 aromatic heterocycles. The van der Waals surface area contributed by atoms with Gasteiger partial charge in [-0.15, -0.1) is 0 Å². The largest absolute Gasteiger partial charge is 0.462 e. The van der Waals surface area contributed by atoms with Gasteiger partial charge in [-0.1, -0.05) is 263 Å². The molecule has 0 saturated carbocycles. The van der Waals surface area contributed by atoms with E-state index < -0.39 is 6.10 Å². The van der Waals surface area contributed by atoms with Gasteiger partial charge >= 0.3 is 17.9 Å². The highest BCUT2D eigenvalue weighted by molar-refractivity contribution is 5.71. The van der Waals surface area contributed by atoms with E-state index in [1.165, 1.54) is 225 Å². The van der Waals surface area contributed by atoms with Gasteiger partial charge in [0.05, 0.1) is 0 Å². The molecule has 0 saturated heterocycles. The zero-order chi connectivity index (χ0) is 48.6. The first-order valence-electron chi connectivity index (χ1n) is 29.8. The average Bonchev–Trinajstić information content (AvgIpc) is 3.33. The standard InChI is InChI=1S/C61H114O6/c1-4-7-10-13-16-19-22-25-27-28-29-30-31-32-34-37-39-42-45-48-51-54-60(63)66-57-58(67-61(64)55-52-49-46-43-40-35-24-21-18-15-12-9-6-3)56-65-59(62)53-50-47-44-41-38-36-33-26-23-20-17-14-11-8-5-2/h21,24-25,27,58H,4-20,22-23,26,28-57H2,1-3H3/b24-21-,27-25-/t58-/m0/s1. The summed E-state index contributed by atoms with van der Waals surface area (Å²) < 4.78 is 16.9. The highest BCUT2D eigenvalue weighted by atomic mass is 16.6. The number of allylic oxidation sites excluding steroid dienone is 4. The van der Waals surface area contributed by atoms with E-state index in [1.807, 2.05) is 0 Å². The molecule has 0 N–H and O–H groups in total. The summed E-state index contributed by atoms with van der Waals surface area (Å²) in [5.41, 5.74) is 0. The minimum absolute atomic E-state index is 0.0700. The SMILES string of the molecule is CCCCCC/C=C\CCCCCCCC(=O)O[C@H](COC(=O)CCCCCCCCCCCCC/C=C\CCCCCCCC)COC(=O)CCCCCCCCCCCCCCCCC. The van der Waals surface area contributed by atoms with E-state index in [0.717, 1.165) is 64.2 Å². The number of carbonyl (C=O) groups excluding carboxylic acids is 3. The lowest BCUT2D eigenvalue weighted by Crippen LogP contribution is -2.30. The van der Waals surface area contributed by atoms with Crippen molar-refractivity contribution >= 4 is 17.9 Å². The maximum Gasteiger partial charge on any atom is 0.306 e. The third kappa shape index (κ3) is 54.7. The van der Waals surface area contributed by atoms with Gasteiger partial charge in [-0.05, 0) is 70.6 Å².